The molecule has 1 aliphatic rings. The van der Waals surface area contributed by atoms with E-state index in [4.69, 9.17) is 10.5 Å². The van der Waals surface area contributed by atoms with Gasteiger partial charge in [-0.25, -0.2) is 4.79 Å². The summed E-state index contributed by atoms with van der Waals surface area (Å²) < 4.78 is 9.85. The Morgan fingerprint density at radius 3 is 2.15 bits per heavy atom. The van der Waals surface area contributed by atoms with Gasteiger partial charge in [0.2, 0.25) is 0 Å². The van der Waals surface area contributed by atoms with Crippen molar-refractivity contribution in [3.05, 3.63) is 59.7 Å². The zero-order valence-corrected chi connectivity index (χ0v) is 15.1. The van der Waals surface area contributed by atoms with Crippen LogP contribution >= 0.6 is 12.4 Å². The lowest BCUT2D eigenvalue weighted by molar-refractivity contribution is -0.141. The maximum Gasteiger partial charge on any atom is 0.407 e. The largest absolute Gasteiger partial charge is 0.468 e. The van der Waals surface area contributed by atoms with Crippen molar-refractivity contribution in [2.24, 2.45) is 5.73 Å². The summed E-state index contributed by atoms with van der Waals surface area (Å²) >= 11 is 0. The van der Waals surface area contributed by atoms with Crippen LogP contribution in [0.5, 0.6) is 0 Å². The summed E-state index contributed by atoms with van der Waals surface area (Å²) in [5.41, 5.74) is 10.2. The zero-order chi connectivity index (χ0) is 17.8. The molecule has 0 spiro atoms. The molecule has 3 N–H and O–H groups in total. The van der Waals surface area contributed by atoms with Crippen molar-refractivity contribution in [3.63, 3.8) is 0 Å². The molecule has 6 nitrogen and oxygen atoms in total. The maximum absolute atomic E-state index is 11.9. The number of fused-ring (bicyclic) bond motifs is 3. The quantitative estimate of drug-likeness (QED) is 0.782. The van der Waals surface area contributed by atoms with Crippen LogP contribution in [-0.2, 0) is 14.3 Å². The van der Waals surface area contributed by atoms with E-state index in [-0.39, 0.29) is 31.5 Å². The first-order chi connectivity index (χ1) is 12.1. The molecule has 1 atom stereocenters. The lowest BCUT2D eigenvalue weighted by Gasteiger charge is -2.15. The standard InChI is InChI=1S/C19H20N2O4.ClH/c1-24-18(22)17(20)10-21-19(23)25-11-16-14-8-4-2-6-12(14)13-7-3-5-9-15(13)16;/h2-9,16-17H,10-11,20H2,1H3,(H,21,23);1H. The topological polar surface area (TPSA) is 90.6 Å². The van der Waals surface area contributed by atoms with Gasteiger partial charge in [-0.1, -0.05) is 48.5 Å². The van der Waals surface area contributed by atoms with Crippen molar-refractivity contribution in [3.8, 4) is 11.1 Å². The zero-order valence-electron chi connectivity index (χ0n) is 14.3. The maximum atomic E-state index is 11.9. The number of hydrogen-bond donors (Lipinski definition) is 2. The summed E-state index contributed by atoms with van der Waals surface area (Å²) in [5, 5.41) is 2.48. The Morgan fingerprint density at radius 2 is 1.62 bits per heavy atom. The van der Waals surface area contributed by atoms with Crippen molar-refractivity contribution in [1.82, 2.24) is 5.32 Å². The van der Waals surface area contributed by atoms with E-state index in [1.807, 2.05) is 24.3 Å². The van der Waals surface area contributed by atoms with E-state index in [0.717, 1.165) is 11.1 Å². The Hall–Kier alpha value is -2.57. The molecular formula is C19H21ClN2O4. The Kier molecular flexibility index (Phi) is 6.60. The van der Waals surface area contributed by atoms with Gasteiger partial charge in [0.25, 0.3) is 0 Å². The molecule has 0 bridgehead atoms. The summed E-state index contributed by atoms with van der Waals surface area (Å²) in [5.74, 6) is -0.591. The van der Waals surface area contributed by atoms with Crippen LogP contribution in [0.1, 0.15) is 17.0 Å². The highest BCUT2D eigenvalue weighted by Crippen LogP contribution is 2.44. The number of esters is 1. The molecule has 0 saturated carbocycles. The molecule has 26 heavy (non-hydrogen) atoms. The van der Waals surface area contributed by atoms with Gasteiger partial charge < -0.3 is 20.5 Å². The van der Waals surface area contributed by atoms with Crippen LogP contribution in [0.15, 0.2) is 48.5 Å². The summed E-state index contributed by atoms with van der Waals surface area (Å²) in [6.07, 6.45) is -0.610. The highest BCUT2D eigenvalue weighted by Gasteiger charge is 2.29. The molecule has 0 heterocycles. The number of carbonyl (C=O) groups excluding carboxylic acids is 2. The van der Waals surface area contributed by atoms with Gasteiger partial charge in [0, 0.05) is 12.5 Å². The highest BCUT2D eigenvalue weighted by atomic mass is 35.5. The van der Waals surface area contributed by atoms with Gasteiger partial charge in [-0.2, -0.15) is 0 Å². The number of rotatable bonds is 5. The van der Waals surface area contributed by atoms with E-state index >= 15 is 0 Å². The number of methoxy groups -OCH3 is 1. The molecule has 0 aliphatic heterocycles. The van der Waals surface area contributed by atoms with Gasteiger partial charge in [-0.05, 0) is 22.3 Å². The predicted molar refractivity (Wildman–Crippen MR) is 100 cm³/mol. The van der Waals surface area contributed by atoms with E-state index in [2.05, 4.69) is 34.3 Å². The van der Waals surface area contributed by atoms with Crippen molar-refractivity contribution >= 4 is 24.5 Å². The summed E-state index contributed by atoms with van der Waals surface area (Å²) in [4.78, 5) is 23.1. The number of nitrogens with one attached hydrogen (secondary N) is 1. The number of alkyl carbamates (subject to hydrolysis) is 1. The van der Waals surface area contributed by atoms with Gasteiger partial charge in [0.05, 0.1) is 7.11 Å². The van der Waals surface area contributed by atoms with Crippen molar-refractivity contribution in [2.75, 3.05) is 20.3 Å². The second kappa shape index (κ2) is 8.69. The molecule has 138 valence electrons. The van der Waals surface area contributed by atoms with Gasteiger partial charge in [-0.15, -0.1) is 12.4 Å². The van der Waals surface area contributed by atoms with Crippen LogP contribution in [0.3, 0.4) is 0 Å². The minimum Gasteiger partial charge on any atom is -0.468 e. The average molecular weight is 377 g/mol. The van der Waals surface area contributed by atoms with Gasteiger partial charge in [0.15, 0.2) is 0 Å². The van der Waals surface area contributed by atoms with Crippen LogP contribution in [0.25, 0.3) is 11.1 Å². The molecule has 7 heteroatoms. The average Bonchev–Trinajstić information content (AvgIpc) is 2.97. The lowest BCUT2D eigenvalue weighted by Crippen LogP contribution is -2.43. The molecule has 0 fully saturated rings. The first-order valence-corrected chi connectivity index (χ1v) is 8.04. The smallest absolute Gasteiger partial charge is 0.407 e. The minimum absolute atomic E-state index is 0. The predicted octanol–water partition coefficient (Wildman–Crippen LogP) is 2.45. The van der Waals surface area contributed by atoms with E-state index < -0.39 is 18.1 Å². The number of amides is 1. The first kappa shape index (κ1) is 19.8. The third-order valence-electron chi connectivity index (χ3n) is 4.31. The molecule has 2 aromatic carbocycles. The molecule has 0 aromatic heterocycles. The minimum atomic E-state index is -0.912. The van der Waals surface area contributed by atoms with Gasteiger partial charge >= 0.3 is 12.1 Å². The fourth-order valence-electron chi connectivity index (χ4n) is 3.08. The summed E-state index contributed by atoms with van der Waals surface area (Å²) in [6.45, 7) is 0.177. The second-order valence-corrected chi connectivity index (χ2v) is 5.84. The normalized spacial score (nSPS) is 13.0. The Labute approximate surface area is 158 Å². The lowest BCUT2D eigenvalue weighted by atomic mass is 9.98. The van der Waals surface area contributed by atoms with Crippen molar-refractivity contribution in [1.29, 1.82) is 0 Å². The SMILES string of the molecule is COC(=O)C(N)CNC(=O)OCC1c2ccccc2-c2ccccc21.Cl. The monoisotopic (exact) mass is 376 g/mol. The molecule has 0 saturated heterocycles. The third-order valence-corrected chi connectivity index (χ3v) is 4.31. The van der Waals surface area contributed by atoms with Crippen LogP contribution in [0.2, 0.25) is 0 Å². The number of ether oxygens (including phenoxy) is 2. The van der Waals surface area contributed by atoms with Crippen LogP contribution in [0.4, 0.5) is 4.79 Å². The molecular weight excluding hydrogens is 356 g/mol. The van der Waals surface area contributed by atoms with E-state index in [9.17, 15) is 9.59 Å². The van der Waals surface area contributed by atoms with Crippen molar-refractivity contribution < 1.29 is 19.1 Å². The molecule has 3 rings (SSSR count). The third kappa shape index (κ3) is 3.98. The van der Waals surface area contributed by atoms with Crippen LogP contribution in [-0.4, -0.2) is 38.4 Å². The number of halogens is 1. The fourth-order valence-corrected chi connectivity index (χ4v) is 3.08. The number of hydrogen-bond acceptors (Lipinski definition) is 5. The van der Waals surface area contributed by atoms with Crippen LogP contribution in [0, 0.1) is 0 Å². The number of nitrogens with two attached hydrogens (primary N) is 1. The van der Waals surface area contributed by atoms with E-state index in [1.165, 1.54) is 18.2 Å². The van der Waals surface area contributed by atoms with Crippen molar-refractivity contribution in [2.45, 2.75) is 12.0 Å². The summed E-state index contributed by atoms with van der Waals surface area (Å²) in [6, 6.07) is 15.3. The molecule has 1 amide bonds. The van der Waals surface area contributed by atoms with Gasteiger partial charge in [0.1, 0.15) is 12.6 Å². The summed E-state index contributed by atoms with van der Waals surface area (Å²) in [7, 11) is 1.25. The van der Waals surface area contributed by atoms with E-state index in [1.54, 1.807) is 0 Å². The Balaban J connectivity index is 0.00000243. The molecule has 1 unspecified atom stereocenters. The fraction of sp³-hybridized carbons (Fsp3) is 0.263. The molecule has 1 aliphatic carbocycles. The Morgan fingerprint density at radius 1 is 1.08 bits per heavy atom. The second-order valence-electron chi connectivity index (χ2n) is 5.84. The van der Waals surface area contributed by atoms with E-state index in [0.29, 0.717) is 0 Å². The Bertz CT molecular complexity index is 751. The number of benzene rings is 2. The highest BCUT2D eigenvalue weighted by molar-refractivity contribution is 5.85. The van der Waals surface area contributed by atoms with Crippen LogP contribution < -0.4 is 11.1 Å². The molecule has 0 radical (unpaired) electrons. The molecule has 2 aromatic rings. The van der Waals surface area contributed by atoms with Gasteiger partial charge in [-0.3, -0.25) is 4.79 Å². The first-order valence-electron chi connectivity index (χ1n) is 8.04. The number of carbonyl (C=O) groups is 2.